The van der Waals surface area contributed by atoms with Gasteiger partial charge >= 0.3 is 0 Å². The lowest BCUT2D eigenvalue weighted by atomic mass is 10.0. The number of aliphatic imine (C=N–C) groups is 1. The number of ether oxygens (including phenoxy) is 1. The molecule has 1 aliphatic heterocycles. The normalized spacial score (nSPS) is 18.9. The second-order valence-corrected chi connectivity index (χ2v) is 8.59. The highest BCUT2D eigenvalue weighted by Crippen LogP contribution is 2.29. The van der Waals surface area contributed by atoms with Gasteiger partial charge in [-0.05, 0) is 64.3 Å². The van der Waals surface area contributed by atoms with Gasteiger partial charge in [-0.25, -0.2) is 4.39 Å². The van der Waals surface area contributed by atoms with E-state index in [-0.39, 0.29) is 23.1 Å². The monoisotopic (exact) mass is 469 g/mol. The molecule has 2 aromatic rings. The van der Waals surface area contributed by atoms with Crippen molar-refractivity contribution in [2.24, 2.45) is 4.99 Å². The Morgan fingerprint density at radius 3 is 2.68 bits per heavy atom. The van der Waals surface area contributed by atoms with Crippen molar-refractivity contribution in [2.45, 2.75) is 71.5 Å². The molecular weight excluding hydrogens is 437 g/mol. The largest absolute Gasteiger partial charge is 0.366 e. The number of rotatable bonds is 6. The predicted molar refractivity (Wildman–Crippen MR) is 129 cm³/mol. The molecule has 2 heterocycles. The van der Waals surface area contributed by atoms with Crippen LogP contribution in [0.15, 0.2) is 35.5 Å². The van der Waals surface area contributed by atoms with Crippen LogP contribution in [0.25, 0.3) is 12.3 Å². The molecule has 1 saturated heterocycles. The minimum Gasteiger partial charge on any atom is -0.366 e. The first kappa shape index (κ1) is 27.1. The third kappa shape index (κ3) is 7.45. The van der Waals surface area contributed by atoms with Crippen LogP contribution in [0.2, 0.25) is 0 Å². The number of hydrogen-bond donors (Lipinski definition) is 2. The lowest BCUT2D eigenvalue weighted by Gasteiger charge is -2.15. The van der Waals surface area contributed by atoms with Crippen molar-refractivity contribution in [2.75, 3.05) is 0 Å². The standard InChI is InChI=1S/C23H24FN3O2.C3H8O2/c1-4-5-11-26-15(2)19-10-12-27(16(19)3)22-9-8-21(29-22)23(28)17-6-7-20(24)18(13-17)14-25;1-3(2,4)5/h6-7,10-13,21-22H,3-5,8-9H2,1-2H3;4-5H,1-2H3/b19-15-,26-11?;. The van der Waals surface area contributed by atoms with E-state index >= 15 is 0 Å². The smallest absolute Gasteiger partial charge is 0.191 e. The molecule has 1 fully saturated rings. The molecule has 2 N–H and O–H groups in total. The van der Waals surface area contributed by atoms with Gasteiger partial charge in [0, 0.05) is 34.2 Å². The van der Waals surface area contributed by atoms with Crippen LogP contribution < -0.4 is 10.6 Å². The summed E-state index contributed by atoms with van der Waals surface area (Å²) in [5.74, 6) is -2.38. The third-order valence-corrected chi connectivity index (χ3v) is 5.09. The number of Topliss-reactive ketones (excluding diaryl/α,β-unsaturated/α-hetero) is 1. The molecule has 1 aromatic carbocycles. The average Bonchev–Trinajstić information content (AvgIpc) is 3.39. The van der Waals surface area contributed by atoms with Crippen LogP contribution in [0.5, 0.6) is 0 Å². The molecule has 2 atom stereocenters. The van der Waals surface area contributed by atoms with E-state index in [1.54, 1.807) is 6.07 Å². The van der Waals surface area contributed by atoms with Crippen molar-refractivity contribution in [3.05, 3.63) is 58.0 Å². The van der Waals surface area contributed by atoms with Crippen LogP contribution in [0.3, 0.4) is 0 Å². The highest BCUT2D eigenvalue weighted by molar-refractivity contribution is 5.99. The molecule has 8 heteroatoms. The Hall–Kier alpha value is -3.12. The maximum absolute atomic E-state index is 13.5. The minimum atomic E-state index is -1.50. The van der Waals surface area contributed by atoms with Crippen molar-refractivity contribution in [1.29, 1.82) is 5.26 Å². The summed E-state index contributed by atoms with van der Waals surface area (Å²) in [5, 5.41) is 26.9. The van der Waals surface area contributed by atoms with E-state index in [9.17, 15) is 9.18 Å². The van der Waals surface area contributed by atoms with E-state index in [1.807, 2.05) is 30.0 Å². The summed E-state index contributed by atoms with van der Waals surface area (Å²) in [6.07, 6.45) is 6.07. The fourth-order valence-electron chi connectivity index (χ4n) is 3.45. The molecule has 3 rings (SSSR count). The van der Waals surface area contributed by atoms with Crippen LogP contribution in [-0.2, 0) is 4.74 Å². The van der Waals surface area contributed by atoms with Gasteiger partial charge in [-0.15, -0.1) is 0 Å². The number of nitriles is 1. The van der Waals surface area contributed by atoms with Gasteiger partial charge in [0.2, 0.25) is 0 Å². The highest BCUT2D eigenvalue weighted by Gasteiger charge is 2.32. The fraction of sp³-hybridized carbons (Fsp3) is 0.423. The van der Waals surface area contributed by atoms with Crippen LogP contribution in [0.4, 0.5) is 4.39 Å². The second kappa shape index (κ2) is 11.8. The maximum atomic E-state index is 13.5. The van der Waals surface area contributed by atoms with Crippen molar-refractivity contribution in [3.63, 3.8) is 0 Å². The molecular formula is C26H32FN3O4. The van der Waals surface area contributed by atoms with Gasteiger partial charge in [0.1, 0.15) is 24.2 Å². The Balaban J connectivity index is 0.000000739. The Kier molecular flexibility index (Phi) is 9.45. The zero-order valence-corrected chi connectivity index (χ0v) is 20.1. The maximum Gasteiger partial charge on any atom is 0.191 e. The number of carbonyl (C=O) groups is 1. The number of benzene rings is 1. The van der Waals surface area contributed by atoms with Crippen molar-refractivity contribution in [1.82, 2.24) is 4.57 Å². The molecule has 1 aromatic heterocycles. The molecule has 0 spiro atoms. The van der Waals surface area contributed by atoms with Crippen molar-refractivity contribution >= 4 is 24.3 Å². The van der Waals surface area contributed by atoms with Gasteiger partial charge in [0.25, 0.3) is 0 Å². The van der Waals surface area contributed by atoms with Gasteiger partial charge in [-0.3, -0.25) is 9.79 Å². The van der Waals surface area contributed by atoms with Crippen molar-refractivity contribution in [3.8, 4) is 6.07 Å². The summed E-state index contributed by atoms with van der Waals surface area (Å²) in [5.41, 5.74) is 1.03. The van der Waals surface area contributed by atoms with Crippen LogP contribution in [-0.4, -0.2) is 38.7 Å². The Morgan fingerprint density at radius 2 is 2.06 bits per heavy atom. The lowest BCUT2D eigenvalue weighted by Crippen LogP contribution is -2.31. The minimum absolute atomic E-state index is 0.143. The zero-order valence-electron chi connectivity index (χ0n) is 20.1. The molecule has 182 valence electrons. The molecule has 0 amide bonds. The van der Waals surface area contributed by atoms with E-state index in [0.29, 0.717) is 12.8 Å². The first-order chi connectivity index (χ1) is 16.0. The molecule has 7 nitrogen and oxygen atoms in total. The topological polar surface area (TPSA) is 108 Å². The molecule has 0 saturated carbocycles. The summed E-state index contributed by atoms with van der Waals surface area (Å²) < 4.78 is 21.4. The van der Waals surface area contributed by atoms with Gasteiger partial charge in [-0.1, -0.05) is 19.9 Å². The van der Waals surface area contributed by atoms with E-state index in [0.717, 1.165) is 35.2 Å². The quantitative estimate of drug-likeness (QED) is 0.384. The first-order valence-corrected chi connectivity index (χ1v) is 11.2. The number of hydrogen-bond acceptors (Lipinski definition) is 6. The van der Waals surface area contributed by atoms with E-state index < -0.39 is 17.7 Å². The Labute approximate surface area is 199 Å². The zero-order chi connectivity index (χ0) is 25.5. The first-order valence-electron chi connectivity index (χ1n) is 11.2. The predicted octanol–water partition coefficient (Wildman–Crippen LogP) is 3.18. The molecule has 0 aliphatic carbocycles. The Morgan fingerprint density at radius 1 is 1.38 bits per heavy atom. The number of aliphatic hydroxyl groups is 2. The number of carbonyl (C=O) groups excluding carboxylic acids is 1. The summed E-state index contributed by atoms with van der Waals surface area (Å²) in [6.45, 7) is 10.8. The molecule has 2 unspecified atom stereocenters. The van der Waals surface area contributed by atoms with Gasteiger partial charge < -0.3 is 19.5 Å². The molecule has 0 bridgehead atoms. The number of aromatic nitrogens is 1. The summed E-state index contributed by atoms with van der Waals surface area (Å²) in [6, 6.07) is 7.53. The van der Waals surface area contributed by atoms with Gasteiger partial charge in [-0.2, -0.15) is 5.26 Å². The number of halogens is 1. The van der Waals surface area contributed by atoms with Gasteiger partial charge in [0.05, 0.1) is 5.56 Å². The molecule has 34 heavy (non-hydrogen) atoms. The highest BCUT2D eigenvalue weighted by atomic mass is 19.1. The fourth-order valence-corrected chi connectivity index (χ4v) is 3.45. The lowest BCUT2D eigenvalue weighted by molar-refractivity contribution is -0.127. The average molecular weight is 470 g/mol. The van der Waals surface area contributed by atoms with Crippen LogP contribution in [0.1, 0.15) is 75.5 Å². The van der Waals surface area contributed by atoms with Crippen molar-refractivity contribution < 1.29 is 24.1 Å². The van der Waals surface area contributed by atoms with E-state index in [2.05, 4.69) is 18.5 Å². The summed E-state index contributed by atoms with van der Waals surface area (Å²) in [7, 11) is 0. The van der Waals surface area contributed by atoms with E-state index in [1.165, 1.54) is 26.0 Å². The number of ketones is 1. The number of unbranched alkanes of at least 4 members (excludes halogenated alkanes) is 1. The summed E-state index contributed by atoms with van der Waals surface area (Å²) >= 11 is 0. The SMILES string of the molecule is C=c1/c(=C(/C)N=CCCC)ccn1C1CCC(C(=O)c2ccc(F)c(C#N)c2)O1.CC(C)(O)O. The second-order valence-electron chi connectivity index (χ2n) is 8.59. The molecule has 0 radical (unpaired) electrons. The van der Waals surface area contributed by atoms with Crippen LogP contribution in [0, 0.1) is 17.1 Å². The van der Waals surface area contributed by atoms with Crippen LogP contribution >= 0.6 is 0 Å². The molecule has 1 aliphatic rings. The summed E-state index contributed by atoms with van der Waals surface area (Å²) in [4.78, 5) is 17.2. The third-order valence-electron chi connectivity index (χ3n) is 5.09. The Bertz CT molecular complexity index is 1180. The van der Waals surface area contributed by atoms with E-state index in [4.69, 9.17) is 20.2 Å². The van der Waals surface area contributed by atoms with Gasteiger partial charge in [0.15, 0.2) is 11.6 Å². The number of nitrogens with zero attached hydrogens (tertiary/aromatic N) is 3.